The lowest BCUT2D eigenvalue weighted by atomic mass is 9.67. The van der Waals surface area contributed by atoms with E-state index in [1.54, 1.807) is 0 Å². The number of hydrogen-bond acceptors (Lipinski definition) is 3. The Balaban J connectivity index is 1.94. The van der Waals surface area contributed by atoms with Gasteiger partial charge >= 0.3 is 0 Å². The minimum absolute atomic E-state index is 0.334. The van der Waals surface area contributed by atoms with Crippen LogP contribution in [0.15, 0.2) is 0 Å². The highest BCUT2D eigenvalue weighted by molar-refractivity contribution is 7.91. The average molecular weight is 301 g/mol. The summed E-state index contributed by atoms with van der Waals surface area (Å²) in [6.07, 6.45) is 5.96. The zero-order valence-corrected chi connectivity index (χ0v) is 14.3. The molecule has 1 saturated carbocycles. The molecule has 118 valence electrons. The molecule has 0 aromatic carbocycles. The summed E-state index contributed by atoms with van der Waals surface area (Å²) >= 11 is 0. The third-order valence-corrected chi connectivity index (χ3v) is 7.41. The Hall–Kier alpha value is -0.0900. The maximum Gasteiger partial charge on any atom is 0.150 e. The van der Waals surface area contributed by atoms with Gasteiger partial charge in [-0.05, 0) is 62.3 Å². The molecule has 4 heteroatoms. The van der Waals surface area contributed by atoms with E-state index in [9.17, 15) is 8.42 Å². The van der Waals surface area contributed by atoms with Crippen LogP contribution < -0.4 is 5.32 Å². The summed E-state index contributed by atoms with van der Waals surface area (Å²) < 4.78 is 23.4. The maximum absolute atomic E-state index is 11.7. The van der Waals surface area contributed by atoms with Crippen LogP contribution in [0.3, 0.4) is 0 Å². The smallest absolute Gasteiger partial charge is 0.150 e. The number of sulfone groups is 1. The van der Waals surface area contributed by atoms with E-state index in [1.165, 1.54) is 25.7 Å². The highest BCUT2D eigenvalue weighted by Gasteiger charge is 2.39. The van der Waals surface area contributed by atoms with Crippen LogP contribution in [0.2, 0.25) is 0 Å². The van der Waals surface area contributed by atoms with Gasteiger partial charge in [-0.3, -0.25) is 0 Å². The molecule has 2 atom stereocenters. The van der Waals surface area contributed by atoms with E-state index in [2.05, 4.69) is 26.1 Å². The predicted molar refractivity (Wildman–Crippen MR) is 84.5 cm³/mol. The van der Waals surface area contributed by atoms with Gasteiger partial charge in [0.2, 0.25) is 0 Å². The molecule has 2 unspecified atom stereocenters. The summed E-state index contributed by atoms with van der Waals surface area (Å²) in [6.45, 7) is 7.03. The Bertz CT molecular complexity index is 416. The lowest BCUT2D eigenvalue weighted by molar-refractivity contribution is 0.122. The first-order valence-corrected chi connectivity index (χ1v) is 9.93. The quantitative estimate of drug-likeness (QED) is 0.872. The van der Waals surface area contributed by atoms with E-state index in [0.29, 0.717) is 34.8 Å². The third kappa shape index (κ3) is 3.76. The van der Waals surface area contributed by atoms with Crippen molar-refractivity contribution < 1.29 is 8.42 Å². The van der Waals surface area contributed by atoms with Crippen molar-refractivity contribution in [1.82, 2.24) is 5.32 Å². The van der Waals surface area contributed by atoms with Gasteiger partial charge in [0.15, 0.2) is 9.84 Å². The molecule has 0 bridgehead atoms. The standard InChI is InChI=1S/C16H31NO2S/c1-16(2,3)14-7-5-12(6-8-14)15(17-4)13-9-10-20(18,19)11-13/h12-15,17H,5-11H2,1-4H3. The van der Waals surface area contributed by atoms with Gasteiger partial charge in [0.05, 0.1) is 11.5 Å². The van der Waals surface area contributed by atoms with Gasteiger partial charge in [-0.15, -0.1) is 0 Å². The Kier molecular flexibility index (Phi) is 4.85. The Labute approximate surface area is 124 Å². The molecular weight excluding hydrogens is 270 g/mol. The van der Waals surface area contributed by atoms with Crippen LogP contribution in [-0.2, 0) is 9.84 Å². The summed E-state index contributed by atoms with van der Waals surface area (Å²) in [5.41, 5.74) is 0.413. The van der Waals surface area contributed by atoms with Gasteiger partial charge in [-0.1, -0.05) is 20.8 Å². The van der Waals surface area contributed by atoms with Crippen molar-refractivity contribution >= 4 is 9.84 Å². The molecule has 1 aliphatic carbocycles. The van der Waals surface area contributed by atoms with Crippen LogP contribution in [-0.4, -0.2) is 33.0 Å². The molecule has 1 aliphatic heterocycles. The lowest BCUT2D eigenvalue weighted by Crippen LogP contribution is -2.43. The molecule has 20 heavy (non-hydrogen) atoms. The van der Waals surface area contributed by atoms with Crippen LogP contribution in [0.1, 0.15) is 52.9 Å². The van der Waals surface area contributed by atoms with E-state index in [-0.39, 0.29) is 0 Å². The molecule has 2 aliphatic rings. The Morgan fingerprint density at radius 2 is 1.60 bits per heavy atom. The molecule has 2 rings (SSSR count). The predicted octanol–water partition coefficient (Wildman–Crippen LogP) is 2.86. The first-order valence-electron chi connectivity index (χ1n) is 8.10. The maximum atomic E-state index is 11.7. The van der Waals surface area contributed by atoms with Gasteiger partial charge in [-0.2, -0.15) is 0 Å². The molecule has 3 nitrogen and oxygen atoms in total. The van der Waals surface area contributed by atoms with Crippen LogP contribution in [0.5, 0.6) is 0 Å². The van der Waals surface area contributed by atoms with Gasteiger partial charge in [0, 0.05) is 6.04 Å². The number of rotatable bonds is 3. The van der Waals surface area contributed by atoms with Crippen LogP contribution in [0.25, 0.3) is 0 Å². The van der Waals surface area contributed by atoms with Crippen molar-refractivity contribution in [3.05, 3.63) is 0 Å². The molecule has 2 fully saturated rings. The fourth-order valence-electron chi connectivity index (χ4n) is 4.31. The molecule has 0 aromatic rings. The first kappa shape index (κ1) is 16.3. The minimum atomic E-state index is -2.76. The molecular formula is C16H31NO2S. The van der Waals surface area contributed by atoms with Crippen molar-refractivity contribution in [3.63, 3.8) is 0 Å². The zero-order chi connectivity index (χ0) is 15.0. The Morgan fingerprint density at radius 3 is 2.00 bits per heavy atom. The SMILES string of the molecule is CNC(C1CCC(C(C)(C)C)CC1)C1CCS(=O)(=O)C1. The number of hydrogen-bond donors (Lipinski definition) is 1. The fraction of sp³-hybridized carbons (Fsp3) is 1.00. The minimum Gasteiger partial charge on any atom is -0.316 e. The van der Waals surface area contributed by atoms with Crippen molar-refractivity contribution in [2.24, 2.45) is 23.2 Å². The second kappa shape index (κ2) is 5.96. The summed E-state index contributed by atoms with van der Waals surface area (Å²) in [4.78, 5) is 0. The molecule has 1 N–H and O–H groups in total. The number of nitrogens with one attached hydrogen (secondary N) is 1. The van der Waals surface area contributed by atoms with E-state index >= 15 is 0 Å². The molecule has 0 spiro atoms. The average Bonchev–Trinajstić information content (AvgIpc) is 2.70. The van der Waals surface area contributed by atoms with E-state index in [0.717, 1.165) is 12.3 Å². The molecule has 0 radical (unpaired) electrons. The van der Waals surface area contributed by atoms with E-state index in [1.807, 2.05) is 7.05 Å². The first-order chi connectivity index (χ1) is 9.23. The summed E-state index contributed by atoms with van der Waals surface area (Å²) in [6, 6.07) is 0.396. The highest BCUT2D eigenvalue weighted by Crippen LogP contribution is 2.42. The Morgan fingerprint density at radius 1 is 1.00 bits per heavy atom. The molecule has 0 amide bonds. The van der Waals surface area contributed by atoms with E-state index in [4.69, 9.17) is 0 Å². The molecule has 1 saturated heterocycles. The van der Waals surface area contributed by atoms with Gasteiger partial charge in [0.1, 0.15) is 0 Å². The van der Waals surface area contributed by atoms with Crippen LogP contribution in [0.4, 0.5) is 0 Å². The van der Waals surface area contributed by atoms with Gasteiger partial charge in [0.25, 0.3) is 0 Å². The second-order valence-electron chi connectivity index (χ2n) is 7.96. The normalized spacial score (nSPS) is 35.9. The fourth-order valence-corrected chi connectivity index (χ4v) is 6.16. The van der Waals surface area contributed by atoms with Crippen molar-refractivity contribution in [1.29, 1.82) is 0 Å². The van der Waals surface area contributed by atoms with E-state index < -0.39 is 9.84 Å². The summed E-state index contributed by atoms with van der Waals surface area (Å²) in [7, 11) is -0.758. The summed E-state index contributed by atoms with van der Waals surface area (Å²) in [5, 5.41) is 3.44. The van der Waals surface area contributed by atoms with Gasteiger partial charge in [-0.25, -0.2) is 8.42 Å². The van der Waals surface area contributed by atoms with Crippen molar-refractivity contribution in [2.75, 3.05) is 18.6 Å². The van der Waals surface area contributed by atoms with Gasteiger partial charge < -0.3 is 5.32 Å². The second-order valence-corrected chi connectivity index (χ2v) is 10.2. The van der Waals surface area contributed by atoms with Crippen LogP contribution >= 0.6 is 0 Å². The molecule has 1 heterocycles. The van der Waals surface area contributed by atoms with Crippen LogP contribution in [0, 0.1) is 23.2 Å². The van der Waals surface area contributed by atoms with Crippen molar-refractivity contribution in [3.8, 4) is 0 Å². The third-order valence-electron chi connectivity index (χ3n) is 5.61. The zero-order valence-electron chi connectivity index (χ0n) is 13.5. The monoisotopic (exact) mass is 301 g/mol. The van der Waals surface area contributed by atoms with Crippen molar-refractivity contribution in [2.45, 2.75) is 58.9 Å². The lowest BCUT2D eigenvalue weighted by Gasteiger charge is -2.40. The summed E-state index contributed by atoms with van der Waals surface area (Å²) in [5.74, 6) is 2.62. The largest absolute Gasteiger partial charge is 0.316 e. The highest BCUT2D eigenvalue weighted by atomic mass is 32.2. The topological polar surface area (TPSA) is 46.2 Å². The molecule has 0 aromatic heterocycles.